The summed E-state index contributed by atoms with van der Waals surface area (Å²) in [6.07, 6.45) is 8.05. The minimum Gasteiger partial charge on any atom is -0.355 e. The van der Waals surface area contributed by atoms with Gasteiger partial charge in [-0.3, -0.25) is 0 Å². The molecule has 3 aliphatic rings. The number of hydrogen-bond donors (Lipinski definition) is 4. The Morgan fingerprint density at radius 3 is 2.32 bits per heavy atom. The van der Waals surface area contributed by atoms with Gasteiger partial charge in [-0.1, -0.05) is 24.3 Å². The monoisotopic (exact) mass is 364 g/mol. The Kier molecular flexibility index (Phi) is 3.07. The molecule has 5 heterocycles. The third-order valence-electron chi connectivity index (χ3n) is 4.88. The van der Waals surface area contributed by atoms with Crippen LogP contribution in [0.3, 0.4) is 0 Å². The molecule has 0 saturated carbocycles. The Morgan fingerprint density at radius 1 is 0.643 bits per heavy atom. The molecule has 6 heteroatoms. The third-order valence-corrected chi connectivity index (χ3v) is 4.88. The van der Waals surface area contributed by atoms with Crippen LogP contribution >= 0.6 is 0 Å². The van der Waals surface area contributed by atoms with Crippen molar-refractivity contribution in [1.82, 2.24) is 9.97 Å². The summed E-state index contributed by atoms with van der Waals surface area (Å²) in [6, 6.07) is 16.3. The number of nitrogens with zero attached hydrogens (tertiary/aromatic N) is 2. The van der Waals surface area contributed by atoms with Crippen LogP contribution in [0.15, 0.2) is 76.4 Å². The van der Waals surface area contributed by atoms with E-state index in [2.05, 4.69) is 49.9 Å². The highest BCUT2D eigenvalue weighted by Gasteiger charge is 2.20. The molecule has 8 bridgehead atoms. The number of hydrogen-bond acceptors (Lipinski definition) is 4. The van der Waals surface area contributed by atoms with Gasteiger partial charge in [-0.15, -0.1) is 0 Å². The van der Waals surface area contributed by atoms with Gasteiger partial charge in [0.05, 0.1) is 11.4 Å². The number of rotatable bonds is 0. The van der Waals surface area contributed by atoms with Crippen molar-refractivity contribution in [2.45, 2.75) is 0 Å². The quantitative estimate of drug-likeness (QED) is 0.475. The number of benzene rings is 1. The molecule has 6 nitrogen and oxygen atoms in total. The molecule has 4 N–H and O–H groups in total. The summed E-state index contributed by atoms with van der Waals surface area (Å²) in [4.78, 5) is 16.2. The first kappa shape index (κ1) is 15.0. The Balaban J connectivity index is 1.52. The summed E-state index contributed by atoms with van der Waals surface area (Å²) in [6.45, 7) is 0. The molecule has 0 fully saturated rings. The molecule has 134 valence electrons. The number of fused-ring (bicyclic) bond motifs is 9. The van der Waals surface area contributed by atoms with Crippen LogP contribution < -0.4 is 10.6 Å². The van der Waals surface area contributed by atoms with Gasteiger partial charge in [0.1, 0.15) is 23.3 Å². The van der Waals surface area contributed by atoms with E-state index in [4.69, 9.17) is 4.99 Å². The molecule has 0 radical (unpaired) electrons. The van der Waals surface area contributed by atoms with E-state index >= 15 is 0 Å². The van der Waals surface area contributed by atoms with Crippen LogP contribution in [0.5, 0.6) is 0 Å². The van der Waals surface area contributed by atoms with Gasteiger partial charge in [0.25, 0.3) is 0 Å². The summed E-state index contributed by atoms with van der Waals surface area (Å²) >= 11 is 0. The minimum atomic E-state index is 0.796. The minimum absolute atomic E-state index is 0.796. The second kappa shape index (κ2) is 5.72. The molecule has 1 aromatic carbocycles. The van der Waals surface area contributed by atoms with E-state index in [1.807, 2.05) is 48.6 Å². The fourth-order valence-corrected chi connectivity index (χ4v) is 3.60. The molecule has 6 rings (SSSR count). The molecular weight excluding hydrogens is 348 g/mol. The molecule has 0 amide bonds. The van der Waals surface area contributed by atoms with Gasteiger partial charge >= 0.3 is 0 Å². The van der Waals surface area contributed by atoms with Gasteiger partial charge in [0, 0.05) is 22.5 Å². The molecule has 3 aromatic rings. The lowest BCUT2D eigenvalue weighted by Gasteiger charge is -2.05. The Labute approximate surface area is 161 Å². The van der Waals surface area contributed by atoms with Crippen molar-refractivity contribution in [2.75, 3.05) is 10.6 Å². The molecule has 3 aliphatic heterocycles. The zero-order valence-corrected chi connectivity index (χ0v) is 14.8. The summed E-state index contributed by atoms with van der Waals surface area (Å²) in [5, 5.41) is 6.71. The van der Waals surface area contributed by atoms with Crippen molar-refractivity contribution in [3.63, 3.8) is 0 Å². The maximum absolute atomic E-state index is 4.85. The van der Waals surface area contributed by atoms with E-state index in [-0.39, 0.29) is 0 Å². The van der Waals surface area contributed by atoms with Crippen molar-refractivity contribution in [1.29, 1.82) is 0 Å². The predicted octanol–water partition coefficient (Wildman–Crippen LogP) is 4.45. The van der Waals surface area contributed by atoms with Crippen molar-refractivity contribution in [3.05, 3.63) is 88.9 Å². The lowest BCUT2D eigenvalue weighted by Crippen LogP contribution is -2.12. The van der Waals surface area contributed by atoms with E-state index in [0.717, 1.165) is 57.2 Å². The first-order chi connectivity index (χ1) is 13.8. The highest BCUT2D eigenvalue weighted by Crippen LogP contribution is 2.31. The van der Waals surface area contributed by atoms with E-state index < -0.39 is 0 Å². The summed E-state index contributed by atoms with van der Waals surface area (Å²) in [5.41, 5.74) is 6.02. The van der Waals surface area contributed by atoms with Gasteiger partial charge in [-0.05, 0) is 48.6 Å². The second-order valence-electron chi connectivity index (χ2n) is 6.84. The first-order valence-corrected chi connectivity index (χ1v) is 9.11. The number of anilines is 2. The number of aromatic amines is 2. The van der Waals surface area contributed by atoms with E-state index in [9.17, 15) is 0 Å². The van der Waals surface area contributed by atoms with Gasteiger partial charge in [-0.25, -0.2) is 9.98 Å². The molecule has 0 spiro atoms. The van der Waals surface area contributed by atoms with Crippen molar-refractivity contribution < 1.29 is 0 Å². The third kappa shape index (κ3) is 2.51. The summed E-state index contributed by atoms with van der Waals surface area (Å²) in [5.74, 6) is 3.35. The second-order valence-corrected chi connectivity index (χ2v) is 6.84. The van der Waals surface area contributed by atoms with Crippen LogP contribution in [0.25, 0.3) is 17.8 Å². The van der Waals surface area contributed by atoms with Crippen molar-refractivity contribution >= 4 is 41.2 Å². The maximum Gasteiger partial charge on any atom is 0.140 e. The van der Waals surface area contributed by atoms with Crippen LogP contribution in [0.1, 0.15) is 22.5 Å². The zero-order chi connectivity index (χ0) is 18.5. The fraction of sp³-hybridized carbons (Fsp3) is 0. The lowest BCUT2D eigenvalue weighted by atomic mass is 10.1. The molecule has 0 unspecified atom stereocenters. The average Bonchev–Trinajstić information content (AvgIpc) is 3.47. The van der Waals surface area contributed by atoms with Gasteiger partial charge in [0.2, 0.25) is 0 Å². The average molecular weight is 364 g/mol. The number of amidine groups is 2. The Bertz CT molecular complexity index is 1260. The van der Waals surface area contributed by atoms with Crippen molar-refractivity contribution in [3.8, 4) is 0 Å². The first-order valence-electron chi connectivity index (χ1n) is 9.11. The Morgan fingerprint density at radius 2 is 1.43 bits per heavy atom. The topological polar surface area (TPSA) is 80.4 Å². The molecule has 0 aliphatic carbocycles. The van der Waals surface area contributed by atoms with Crippen LogP contribution in [-0.4, -0.2) is 21.6 Å². The highest BCUT2D eigenvalue weighted by molar-refractivity contribution is 6.18. The van der Waals surface area contributed by atoms with Crippen LogP contribution in [0.4, 0.5) is 11.6 Å². The molecular formula is C22H16N6. The smallest absolute Gasteiger partial charge is 0.140 e. The highest BCUT2D eigenvalue weighted by atomic mass is 15.1. The SMILES string of the molecule is C1=CC2=NC1=Cc1ccc([nH]1)C=C1N=C(Nc3ccc([nH]3)N2)c2ccccc21. The van der Waals surface area contributed by atoms with E-state index in [0.29, 0.717) is 0 Å². The maximum atomic E-state index is 4.85. The molecule has 0 saturated heterocycles. The van der Waals surface area contributed by atoms with E-state index in [1.165, 1.54) is 0 Å². The standard InChI is InChI=1S/C22H16N6/c1-2-4-17-16(3-1)18-12-15-6-5-13(23-15)11-14-7-8-19(24-14)26-20-9-10-21(27-20)28-22(17)25-18/h1-12,23H,(H3,24,25,26,27,28). The van der Waals surface area contributed by atoms with Crippen LogP contribution in [0, 0.1) is 0 Å². The summed E-state index contributed by atoms with van der Waals surface area (Å²) < 4.78 is 0. The van der Waals surface area contributed by atoms with Gasteiger partial charge in [-0.2, -0.15) is 0 Å². The van der Waals surface area contributed by atoms with Gasteiger partial charge in [0.15, 0.2) is 0 Å². The number of aliphatic imine (C=N–C) groups is 2. The summed E-state index contributed by atoms with van der Waals surface area (Å²) in [7, 11) is 0. The fourth-order valence-electron chi connectivity index (χ4n) is 3.60. The lowest BCUT2D eigenvalue weighted by molar-refractivity contribution is 1.33. The number of aromatic nitrogens is 2. The molecule has 0 atom stereocenters. The number of nitrogens with one attached hydrogen (secondary N) is 4. The Hall–Kier alpha value is -4.06. The zero-order valence-electron chi connectivity index (χ0n) is 14.8. The van der Waals surface area contributed by atoms with Crippen molar-refractivity contribution in [2.24, 2.45) is 9.98 Å². The van der Waals surface area contributed by atoms with Gasteiger partial charge < -0.3 is 20.6 Å². The predicted molar refractivity (Wildman–Crippen MR) is 114 cm³/mol. The number of allylic oxidation sites excluding steroid dienone is 1. The van der Waals surface area contributed by atoms with E-state index in [1.54, 1.807) is 0 Å². The molecule has 2 aromatic heterocycles. The van der Waals surface area contributed by atoms with Crippen LogP contribution in [0.2, 0.25) is 0 Å². The normalized spacial score (nSPS) is 16.4. The molecule has 28 heavy (non-hydrogen) atoms. The number of H-pyrrole nitrogens is 2. The largest absolute Gasteiger partial charge is 0.355 e. The van der Waals surface area contributed by atoms with Crippen LogP contribution in [-0.2, 0) is 0 Å².